The van der Waals surface area contributed by atoms with Crippen LogP contribution in [0.15, 0.2) is 73.3 Å². The monoisotopic (exact) mass is 376 g/mol. The Morgan fingerprint density at radius 1 is 1.04 bits per heavy atom. The third kappa shape index (κ3) is 6.09. The summed E-state index contributed by atoms with van der Waals surface area (Å²) in [5, 5.41) is 5.77. The van der Waals surface area contributed by atoms with Crippen LogP contribution in [0.1, 0.15) is 28.8 Å². The van der Waals surface area contributed by atoms with Crippen molar-refractivity contribution in [3.63, 3.8) is 0 Å². The van der Waals surface area contributed by atoms with Gasteiger partial charge in [0.05, 0.1) is 6.33 Å². The fourth-order valence-corrected chi connectivity index (χ4v) is 2.85. The number of benzene rings is 2. The van der Waals surface area contributed by atoms with Crippen LogP contribution in [0.5, 0.6) is 0 Å². The van der Waals surface area contributed by atoms with E-state index in [1.54, 1.807) is 36.8 Å². The predicted molar refractivity (Wildman–Crippen MR) is 109 cm³/mol. The van der Waals surface area contributed by atoms with Crippen molar-refractivity contribution in [2.75, 3.05) is 11.9 Å². The summed E-state index contributed by atoms with van der Waals surface area (Å²) in [4.78, 5) is 28.4. The van der Waals surface area contributed by atoms with Crippen LogP contribution >= 0.6 is 0 Å². The number of carbonyl (C=O) groups excluding carboxylic acids is 2. The Bertz CT molecular complexity index is 892. The van der Waals surface area contributed by atoms with Crippen LogP contribution in [-0.4, -0.2) is 27.9 Å². The largest absolute Gasteiger partial charge is 0.352 e. The molecule has 2 amide bonds. The minimum atomic E-state index is -0.137. The van der Waals surface area contributed by atoms with Gasteiger partial charge in [-0.05, 0) is 36.6 Å². The molecule has 6 nitrogen and oxygen atoms in total. The van der Waals surface area contributed by atoms with Crippen molar-refractivity contribution in [2.24, 2.45) is 0 Å². The number of carbonyl (C=O) groups is 2. The number of hydrogen-bond acceptors (Lipinski definition) is 3. The molecule has 0 aliphatic rings. The molecule has 1 heterocycles. The van der Waals surface area contributed by atoms with Crippen LogP contribution in [-0.2, 0) is 17.8 Å². The number of aromatic nitrogens is 2. The number of anilines is 1. The maximum atomic E-state index is 12.3. The lowest BCUT2D eigenvalue weighted by atomic mass is 10.1. The lowest BCUT2D eigenvalue weighted by Crippen LogP contribution is -2.25. The van der Waals surface area contributed by atoms with E-state index in [1.807, 2.05) is 29.0 Å². The second-order valence-corrected chi connectivity index (χ2v) is 6.52. The molecule has 3 aromatic rings. The van der Waals surface area contributed by atoms with Crippen molar-refractivity contribution in [1.82, 2.24) is 14.9 Å². The summed E-state index contributed by atoms with van der Waals surface area (Å²) in [6.45, 7) is 1.17. The highest BCUT2D eigenvalue weighted by molar-refractivity contribution is 5.97. The normalized spacial score (nSPS) is 10.4. The third-order valence-corrected chi connectivity index (χ3v) is 4.34. The van der Waals surface area contributed by atoms with E-state index >= 15 is 0 Å². The highest BCUT2D eigenvalue weighted by atomic mass is 16.2. The zero-order valence-corrected chi connectivity index (χ0v) is 15.7. The summed E-state index contributed by atoms with van der Waals surface area (Å²) < 4.78 is 1.85. The molecular formula is C22H24N4O2. The Kier molecular flexibility index (Phi) is 6.95. The number of nitrogens with one attached hydrogen (secondary N) is 2. The number of hydrogen-bond donors (Lipinski definition) is 2. The minimum Gasteiger partial charge on any atom is -0.352 e. The topological polar surface area (TPSA) is 76.0 Å². The van der Waals surface area contributed by atoms with Crippen LogP contribution in [0.3, 0.4) is 0 Å². The first-order valence-corrected chi connectivity index (χ1v) is 9.38. The second-order valence-electron chi connectivity index (χ2n) is 6.52. The van der Waals surface area contributed by atoms with E-state index in [4.69, 9.17) is 0 Å². The molecule has 0 unspecified atom stereocenters. The molecule has 2 aromatic carbocycles. The zero-order valence-electron chi connectivity index (χ0n) is 15.7. The molecule has 6 heteroatoms. The standard InChI is InChI=1S/C22H24N4O2/c27-21(11-14-26-15-13-23-17-26)25-20-10-4-9-19(16-20)22(28)24-12-5-8-18-6-2-1-3-7-18/h1-4,6-7,9-10,13,15-17H,5,8,11-12,14H2,(H,24,28)(H,25,27). The molecule has 2 N–H and O–H groups in total. The zero-order chi connectivity index (χ0) is 19.6. The van der Waals surface area contributed by atoms with E-state index in [0.717, 1.165) is 12.8 Å². The van der Waals surface area contributed by atoms with Crippen molar-refractivity contribution in [2.45, 2.75) is 25.8 Å². The molecule has 0 aliphatic heterocycles. The van der Waals surface area contributed by atoms with E-state index in [0.29, 0.717) is 30.8 Å². The molecular weight excluding hydrogens is 352 g/mol. The predicted octanol–water partition coefficient (Wildman–Crippen LogP) is 3.27. The number of imidazole rings is 1. The summed E-state index contributed by atoms with van der Waals surface area (Å²) in [5.74, 6) is -0.239. The molecule has 1 aromatic heterocycles. The van der Waals surface area contributed by atoms with Crippen molar-refractivity contribution >= 4 is 17.5 Å². The first-order chi connectivity index (χ1) is 13.7. The molecule has 0 fully saturated rings. The summed E-state index contributed by atoms with van der Waals surface area (Å²) in [7, 11) is 0. The highest BCUT2D eigenvalue weighted by Gasteiger charge is 2.08. The quantitative estimate of drug-likeness (QED) is 0.563. The van der Waals surface area contributed by atoms with Gasteiger partial charge in [-0.15, -0.1) is 0 Å². The first kappa shape index (κ1) is 19.4. The Labute approximate surface area is 164 Å². The summed E-state index contributed by atoms with van der Waals surface area (Å²) >= 11 is 0. The fourth-order valence-electron chi connectivity index (χ4n) is 2.85. The lowest BCUT2D eigenvalue weighted by Gasteiger charge is -2.09. The van der Waals surface area contributed by atoms with E-state index in [9.17, 15) is 9.59 Å². The number of rotatable bonds is 9. The molecule has 0 aliphatic carbocycles. The Morgan fingerprint density at radius 2 is 1.89 bits per heavy atom. The molecule has 0 bridgehead atoms. The van der Waals surface area contributed by atoms with Gasteiger partial charge in [-0.1, -0.05) is 36.4 Å². The van der Waals surface area contributed by atoms with Gasteiger partial charge < -0.3 is 15.2 Å². The van der Waals surface area contributed by atoms with Gasteiger partial charge in [0.15, 0.2) is 0 Å². The molecule has 0 saturated carbocycles. The van der Waals surface area contributed by atoms with Gasteiger partial charge in [0.1, 0.15) is 0 Å². The van der Waals surface area contributed by atoms with Crippen molar-refractivity contribution in [3.05, 3.63) is 84.4 Å². The van der Waals surface area contributed by atoms with Gasteiger partial charge in [0, 0.05) is 43.2 Å². The summed E-state index contributed by atoms with van der Waals surface area (Å²) in [6, 6.07) is 17.2. The van der Waals surface area contributed by atoms with E-state index < -0.39 is 0 Å². The van der Waals surface area contributed by atoms with Gasteiger partial charge >= 0.3 is 0 Å². The van der Waals surface area contributed by atoms with E-state index in [2.05, 4.69) is 27.8 Å². The van der Waals surface area contributed by atoms with E-state index in [1.165, 1.54) is 5.56 Å². The molecule has 0 saturated heterocycles. The average Bonchev–Trinajstić information content (AvgIpc) is 3.24. The number of amides is 2. The SMILES string of the molecule is O=C(CCn1ccnc1)Nc1cccc(C(=O)NCCCc2ccccc2)c1. The molecule has 3 rings (SSSR count). The third-order valence-electron chi connectivity index (χ3n) is 4.34. The van der Waals surface area contributed by atoms with Crippen molar-refractivity contribution in [3.8, 4) is 0 Å². The van der Waals surface area contributed by atoms with Gasteiger partial charge in [0.25, 0.3) is 5.91 Å². The molecule has 0 radical (unpaired) electrons. The van der Waals surface area contributed by atoms with Crippen LogP contribution in [0.25, 0.3) is 0 Å². The van der Waals surface area contributed by atoms with Crippen LogP contribution in [0.4, 0.5) is 5.69 Å². The lowest BCUT2D eigenvalue weighted by molar-refractivity contribution is -0.116. The molecule has 144 valence electrons. The second kappa shape index (κ2) is 10.1. The van der Waals surface area contributed by atoms with Crippen LogP contribution in [0, 0.1) is 0 Å². The Morgan fingerprint density at radius 3 is 2.68 bits per heavy atom. The van der Waals surface area contributed by atoms with E-state index in [-0.39, 0.29) is 11.8 Å². The maximum absolute atomic E-state index is 12.3. The van der Waals surface area contributed by atoms with Crippen molar-refractivity contribution in [1.29, 1.82) is 0 Å². The Balaban J connectivity index is 1.43. The first-order valence-electron chi connectivity index (χ1n) is 9.38. The van der Waals surface area contributed by atoms with Crippen LogP contribution in [0.2, 0.25) is 0 Å². The van der Waals surface area contributed by atoms with Crippen LogP contribution < -0.4 is 10.6 Å². The average molecular weight is 376 g/mol. The Hall–Kier alpha value is -3.41. The van der Waals surface area contributed by atoms with Crippen molar-refractivity contribution < 1.29 is 9.59 Å². The summed E-state index contributed by atoms with van der Waals surface area (Å²) in [6.07, 6.45) is 7.31. The smallest absolute Gasteiger partial charge is 0.251 e. The van der Waals surface area contributed by atoms with Gasteiger partial charge in [0.2, 0.25) is 5.91 Å². The number of aryl methyl sites for hydroxylation is 2. The van der Waals surface area contributed by atoms with Gasteiger partial charge in [-0.25, -0.2) is 4.98 Å². The molecule has 28 heavy (non-hydrogen) atoms. The number of nitrogens with zero attached hydrogens (tertiary/aromatic N) is 2. The minimum absolute atomic E-state index is 0.103. The highest BCUT2D eigenvalue weighted by Crippen LogP contribution is 2.11. The molecule has 0 atom stereocenters. The molecule has 0 spiro atoms. The van der Waals surface area contributed by atoms with Gasteiger partial charge in [-0.2, -0.15) is 0 Å². The van der Waals surface area contributed by atoms with Gasteiger partial charge in [-0.3, -0.25) is 9.59 Å². The fraction of sp³-hybridized carbons (Fsp3) is 0.227. The summed E-state index contributed by atoms with van der Waals surface area (Å²) in [5.41, 5.74) is 2.41. The maximum Gasteiger partial charge on any atom is 0.251 e.